The number of hydrogen-bond donors (Lipinski definition) is 1. The molecule has 0 saturated carbocycles. The molecule has 1 aromatic rings. The highest BCUT2D eigenvalue weighted by atomic mass is 32.1. The van der Waals surface area contributed by atoms with Crippen molar-refractivity contribution in [2.24, 2.45) is 11.7 Å². The second-order valence-electron chi connectivity index (χ2n) is 4.58. The normalized spacial score (nSPS) is 24.8. The van der Waals surface area contributed by atoms with Crippen molar-refractivity contribution in [2.75, 3.05) is 11.4 Å². The summed E-state index contributed by atoms with van der Waals surface area (Å²) in [5.74, 6) is 1.64. The van der Waals surface area contributed by atoms with Crippen LogP contribution in [0.4, 0.5) is 5.82 Å². The number of aromatic nitrogens is 1. The zero-order valence-electron chi connectivity index (χ0n) is 9.68. The van der Waals surface area contributed by atoms with Gasteiger partial charge in [0.2, 0.25) is 0 Å². The highest BCUT2D eigenvalue weighted by Crippen LogP contribution is 2.29. The van der Waals surface area contributed by atoms with Gasteiger partial charge in [0, 0.05) is 18.8 Å². The second-order valence-corrected chi connectivity index (χ2v) is 5.02. The lowest BCUT2D eigenvalue weighted by atomic mass is 10.1. The Morgan fingerprint density at radius 3 is 2.88 bits per heavy atom. The molecule has 0 aromatic carbocycles. The number of thiocarbonyl (C=S) groups is 1. The molecule has 1 aliphatic rings. The third kappa shape index (κ3) is 2.02. The molecule has 2 heterocycles. The summed E-state index contributed by atoms with van der Waals surface area (Å²) in [5.41, 5.74) is 6.61. The van der Waals surface area contributed by atoms with Crippen LogP contribution in [0.5, 0.6) is 0 Å². The fraction of sp³-hybridized carbons (Fsp3) is 0.500. The smallest absolute Gasteiger partial charge is 0.139 e. The minimum Gasteiger partial charge on any atom is -0.389 e. The van der Waals surface area contributed by atoms with Gasteiger partial charge in [0.1, 0.15) is 10.8 Å². The van der Waals surface area contributed by atoms with E-state index in [0.29, 0.717) is 16.9 Å². The Hall–Kier alpha value is -1.16. The molecule has 0 radical (unpaired) electrons. The van der Waals surface area contributed by atoms with Gasteiger partial charge in [-0.05, 0) is 31.4 Å². The van der Waals surface area contributed by atoms with E-state index in [0.717, 1.165) is 17.9 Å². The SMILES string of the molecule is CC1CC(C)N(c2ncccc2C(N)=S)C1. The molecule has 1 aliphatic heterocycles. The summed E-state index contributed by atoms with van der Waals surface area (Å²) in [6.07, 6.45) is 3.00. The Morgan fingerprint density at radius 1 is 1.56 bits per heavy atom. The van der Waals surface area contributed by atoms with Crippen molar-refractivity contribution in [3.63, 3.8) is 0 Å². The molecule has 0 amide bonds. The molecule has 2 N–H and O–H groups in total. The summed E-state index contributed by atoms with van der Waals surface area (Å²) in [6, 6.07) is 4.33. The average Bonchev–Trinajstić information content (AvgIpc) is 2.57. The fourth-order valence-corrected chi connectivity index (χ4v) is 2.57. The highest BCUT2D eigenvalue weighted by molar-refractivity contribution is 7.80. The summed E-state index contributed by atoms with van der Waals surface area (Å²) in [6.45, 7) is 5.52. The zero-order chi connectivity index (χ0) is 11.7. The Morgan fingerprint density at radius 2 is 2.31 bits per heavy atom. The zero-order valence-corrected chi connectivity index (χ0v) is 10.5. The Kier molecular flexibility index (Phi) is 3.10. The Balaban J connectivity index is 2.36. The number of nitrogens with two attached hydrogens (primary N) is 1. The molecule has 2 unspecified atom stereocenters. The molecule has 2 rings (SSSR count). The molecule has 0 spiro atoms. The number of anilines is 1. The fourth-order valence-electron chi connectivity index (χ4n) is 2.41. The quantitative estimate of drug-likeness (QED) is 0.796. The van der Waals surface area contributed by atoms with Crippen LogP contribution in [0.15, 0.2) is 18.3 Å². The summed E-state index contributed by atoms with van der Waals surface area (Å²) < 4.78 is 0. The molecule has 3 nitrogen and oxygen atoms in total. The topological polar surface area (TPSA) is 42.2 Å². The highest BCUT2D eigenvalue weighted by Gasteiger charge is 2.28. The minimum atomic E-state index is 0.426. The van der Waals surface area contributed by atoms with E-state index in [-0.39, 0.29) is 0 Å². The lowest BCUT2D eigenvalue weighted by Crippen LogP contribution is -2.30. The molecule has 4 heteroatoms. The predicted octanol–water partition coefficient (Wildman–Crippen LogP) is 1.95. The molecule has 16 heavy (non-hydrogen) atoms. The summed E-state index contributed by atoms with van der Waals surface area (Å²) >= 11 is 5.06. The van der Waals surface area contributed by atoms with Crippen molar-refractivity contribution in [1.82, 2.24) is 4.98 Å². The Bertz CT molecular complexity index is 405. The van der Waals surface area contributed by atoms with E-state index in [9.17, 15) is 0 Å². The van der Waals surface area contributed by atoms with E-state index in [1.165, 1.54) is 6.42 Å². The van der Waals surface area contributed by atoms with Crippen LogP contribution >= 0.6 is 12.2 Å². The third-order valence-corrected chi connectivity index (χ3v) is 3.33. The van der Waals surface area contributed by atoms with Crippen LogP contribution in [0.3, 0.4) is 0 Å². The lowest BCUT2D eigenvalue weighted by Gasteiger charge is -2.24. The van der Waals surface area contributed by atoms with Crippen molar-refractivity contribution in [3.8, 4) is 0 Å². The van der Waals surface area contributed by atoms with Crippen molar-refractivity contribution in [1.29, 1.82) is 0 Å². The number of nitrogens with zero attached hydrogens (tertiary/aromatic N) is 2. The van der Waals surface area contributed by atoms with Gasteiger partial charge in [-0.1, -0.05) is 19.1 Å². The van der Waals surface area contributed by atoms with E-state index in [1.807, 2.05) is 12.1 Å². The van der Waals surface area contributed by atoms with Gasteiger partial charge in [0.15, 0.2) is 0 Å². The molecule has 1 fully saturated rings. The van der Waals surface area contributed by atoms with Crippen molar-refractivity contribution >= 4 is 23.0 Å². The molecule has 1 saturated heterocycles. The molecule has 0 aliphatic carbocycles. The van der Waals surface area contributed by atoms with E-state index in [4.69, 9.17) is 18.0 Å². The maximum atomic E-state index is 5.73. The van der Waals surface area contributed by atoms with E-state index in [2.05, 4.69) is 23.7 Å². The van der Waals surface area contributed by atoms with E-state index < -0.39 is 0 Å². The van der Waals surface area contributed by atoms with Crippen LogP contribution in [0.1, 0.15) is 25.8 Å². The van der Waals surface area contributed by atoms with Crippen LogP contribution in [-0.2, 0) is 0 Å². The van der Waals surface area contributed by atoms with Crippen molar-refractivity contribution in [2.45, 2.75) is 26.3 Å². The van der Waals surface area contributed by atoms with E-state index in [1.54, 1.807) is 6.20 Å². The predicted molar refractivity (Wildman–Crippen MR) is 70.7 cm³/mol. The van der Waals surface area contributed by atoms with Gasteiger partial charge >= 0.3 is 0 Å². The van der Waals surface area contributed by atoms with Crippen LogP contribution in [0.2, 0.25) is 0 Å². The van der Waals surface area contributed by atoms with E-state index >= 15 is 0 Å². The van der Waals surface area contributed by atoms with Gasteiger partial charge in [-0.15, -0.1) is 0 Å². The maximum absolute atomic E-state index is 5.73. The van der Waals surface area contributed by atoms with Gasteiger partial charge in [0.05, 0.1) is 5.56 Å². The standard InChI is InChI=1S/C12H17N3S/c1-8-6-9(2)15(7-8)12-10(11(13)16)4-3-5-14-12/h3-5,8-9H,6-7H2,1-2H3,(H2,13,16). The lowest BCUT2D eigenvalue weighted by molar-refractivity contribution is 0.625. The van der Waals surface area contributed by atoms with Crippen LogP contribution in [0.25, 0.3) is 0 Å². The van der Waals surface area contributed by atoms with Gasteiger partial charge in [-0.25, -0.2) is 4.98 Å². The monoisotopic (exact) mass is 235 g/mol. The van der Waals surface area contributed by atoms with Gasteiger partial charge < -0.3 is 10.6 Å². The van der Waals surface area contributed by atoms with Gasteiger partial charge in [-0.2, -0.15) is 0 Å². The Labute approximate surface area is 102 Å². The van der Waals surface area contributed by atoms with Gasteiger partial charge in [-0.3, -0.25) is 0 Å². The van der Waals surface area contributed by atoms with Crippen LogP contribution < -0.4 is 10.6 Å². The summed E-state index contributed by atoms with van der Waals surface area (Å²) in [5, 5.41) is 0. The van der Waals surface area contributed by atoms with Crippen LogP contribution in [0, 0.1) is 5.92 Å². The molecule has 2 atom stereocenters. The summed E-state index contributed by atoms with van der Waals surface area (Å²) in [7, 11) is 0. The number of rotatable bonds is 2. The first-order valence-corrected chi connectivity index (χ1v) is 6.02. The number of pyridine rings is 1. The average molecular weight is 235 g/mol. The third-order valence-electron chi connectivity index (χ3n) is 3.11. The maximum Gasteiger partial charge on any atom is 0.139 e. The minimum absolute atomic E-state index is 0.426. The molecular weight excluding hydrogens is 218 g/mol. The van der Waals surface area contributed by atoms with Gasteiger partial charge in [0.25, 0.3) is 0 Å². The first kappa shape index (κ1) is 11.3. The first-order chi connectivity index (χ1) is 7.59. The van der Waals surface area contributed by atoms with Crippen molar-refractivity contribution in [3.05, 3.63) is 23.9 Å². The second kappa shape index (κ2) is 4.37. The molecular formula is C12H17N3S. The number of hydrogen-bond acceptors (Lipinski definition) is 3. The van der Waals surface area contributed by atoms with Crippen molar-refractivity contribution < 1.29 is 0 Å². The van der Waals surface area contributed by atoms with Crippen LogP contribution in [-0.4, -0.2) is 22.6 Å². The molecule has 86 valence electrons. The largest absolute Gasteiger partial charge is 0.389 e. The molecule has 1 aromatic heterocycles. The molecule has 0 bridgehead atoms. The first-order valence-electron chi connectivity index (χ1n) is 5.61. The summed E-state index contributed by atoms with van der Waals surface area (Å²) in [4.78, 5) is 7.16.